The van der Waals surface area contributed by atoms with Crippen LogP contribution in [-0.4, -0.2) is 4.21 Å². The van der Waals surface area contributed by atoms with E-state index >= 15 is 0 Å². The van der Waals surface area contributed by atoms with E-state index in [1.54, 1.807) is 6.55 Å². The maximum atomic E-state index is 5.82. The molecule has 0 atom stereocenters. The summed E-state index contributed by atoms with van der Waals surface area (Å²) in [5.41, 5.74) is 11.6. The molecule has 0 N–H and O–H groups in total. The monoisotopic (exact) mass is 728 g/mol. The van der Waals surface area contributed by atoms with Crippen LogP contribution in [0.3, 0.4) is 0 Å². The second-order valence-electron chi connectivity index (χ2n) is 16.3. The SMILES string of the molecule is Cl.Cl.[CH2]=[Zr]([CH2]c1ccccc1)([C]1=CC=CC1)([c]1cc(C(C)(C)C)cc2c1Cc1ccc(C(C)(C)C)cc1-2)[C](C)(C)c1ccccc1. The van der Waals surface area contributed by atoms with Gasteiger partial charge in [0.15, 0.2) is 0 Å². The van der Waals surface area contributed by atoms with E-state index in [1.165, 1.54) is 44.5 Å². The summed E-state index contributed by atoms with van der Waals surface area (Å²) in [6.07, 6.45) is 9.13. The van der Waals surface area contributed by atoms with Crippen molar-refractivity contribution in [3.8, 4) is 11.1 Å². The fourth-order valence-corrected chi connectivity index (χ4v) is 26.0. The molecule has 0 nitrogen and oxygen atoms in total. The van der Waals surface area contributed by atoms with Crippen molar-refractivity contribution in [3.63, 3.8) is 0 Å². The summed E-state index contributed by atoms with van der Waals surface area (Å²) in [4.78, 5) is 0. The first kappa shape index (κ1) is 36.5. The minimum absolute atomic E-state index is 0. The van der Waals surface area contributed by atoms with Gasteiger partial charge in [0, 0.05) is 0 Å². The van der Waals surface area contributed by atoms with Gasteiger partial charge in [0.1, 0.15) is 0 Å². The zero-order valence-electron chi connectivity index (χ0n) is 29.0. The number of rotatable bonds is 6. The molecule has 0 aromatic heterocycles. The summed E-state index contributed by atoms with van der Waals surface area (Å²) in [7, 11) is 0. The van der Waals surface area contributed by atoms with Gasteiger partial charge >= 0.3 is 269 Å². The summed E-state index contributed by atoms with van der Waals surface area (Å²) < 4.78 is 9.88. The Balaban J connectivity index is 0.00000240. The van der Waals surface area contributed by atoms with Crippen LogP contribution in [0.15, 0.2) is 113 Å². The number of fused-ring (bicyclic) bond motifs is 3. The fourth-order valence-electron chi connectivity index (χ4n) is 8.20. The standard InChI is InChI=1S/C21H25.C9H11.C7H7.C5H5.CH2.2ClH.Zr/c1-20(2,3)16-9-7-14-11-15-8-10-17(21(4,5)6)13-19(15)18(14)12-16;1-8(2)9-6-4-3-5-7-9;1-7-5-3-2-4-6-7;1-2-4-5-3-1;;;;/h7,9-10,12-13H,11H2,1-6H3;3-7H,1-2H3;2-6H,1H2;1-3H,4H2;1H2;2*1H;. The number of hydrogen-bond donors (Lipinski definition) is 0. The summed E-state index contributed by atoms with van der Waals surface area (Å²) in [5, 5.41) is 0. The Morgan fingerprint density at radius 2 is 1.24 bits per heavy atom. The molecule has 0 unspecified atom stereocenters. The normalized spacial score (nSPS) is 14.6. The molecule has 6 rings (SSSR count). The summed E-state index contributed by atoms with van der Waals surface area (Å²) in [5.74, 6) is 0. The van der Waals surface area contributed by atoms with Gasteiger partial charge in [0.2, 0.25) is 0 Å². The molecular weight excluding hydrogens is 679 g/mol. The van der Waals surface area contributed by atoms with Crippen LogP contribution < -0.4 is 3.27 Å². The second kappa shape index (κ2) is 12.6. The van der Waals surface area contributed by atoms with Crippen LogP contribution in [0.25, 0.3) is 11.1 Å². The zero-order valence-corrected chi connectivity index (χ0v) is 33.1. The van der Waals surface area contributed by atoms with E-state index in [2.05, 4.69) is 165 Å². The summed E-state index contributed by atoms with van der Waals surface area (Å²) in [6.45, 7) is 19.2. The molecule has 0 saturated carbocycles. The predicted octanol–water partition coefficient (Wildman–Crippen LogP) is 11.4. The topological polar surface area (TPSA) is 0 Å². The van der Waals surface area contributed by atoms with Gasteiger partial charge in [-0.15, -0.1) is 24.8 Å². The van der Waals surface area contributed by atoms with E-state index in [0.29, 0.717) is 0 Å². The Labute approximate surface area is 291 Å². The predicted molar refractivity (Wildman–Crippen MR) is 205 cm³/mol. The molecule has 0 radical (unpaired) electrons. The Kier molecular flexibility index (Phi) is 10.0. The van der Waals surface area contributed by atoms with Crippen molar-refractivity contribution in [2.45, 2.75) is 86.3 Å². The fraction of sp³-hybridized carbons (Fsp3) is 0.326. The van der Waals surface area contributed by atoms with Gasteiger partial charge < -0.3 is 0 Å². The van der Waals surface area contributed by atoms with E-state index in [9.17, 15) is 0 Å². The molecule has 2 aliphatic rings. The Morgan fingerprint density at radius 3 is 1.80 bits per heavy atom. The van der Waals surface area contributed by atoms with Gasteiger partial charge in [0.25, 0.3) is 0 Å². The van der Waals surface area contributed by atoms with E-state index in [0.717, 1.165) is 17.0 Å². The van der Waals surface area contributed by atoms with Crippen molar-refractivity contribution in [2.24, 2.45) is 0 Å². The van der Waals surface area contributed by atoms with Crippen molar-refractivity contribution in [2.75, 3.05) is 0 Å². The molecule has 0 amide bonds. The van der Waals surface area contributed by atoms with Crippen molar-refractivity contribution in [1.29, 1.82) is 0 Å². The molecule has 0 aliphatic heterocycles. The average molecular weight is 731 g/mol. The van der Waals surface area contributed by atoms with E-state index in [1.807, 2.05) is 0 Å². The third kappa shape index (κ3) is 5.74. The molecule has 46 heavy (non-hydrogen) atoms. The van der Waals surface area contributed by atoms with E-state index in [-0.39, 0.29) is 38.8 Å². The van der Waals surface area contributed by atoms with Crippen molar-refractivity contribution in [1.82, 2.24) is 0 Å². The molecular formula is C43H52Cl2Zr. The molecule has 0 saturated heterocycles. The van der Waals surface area contributed by atoms with Crippen molar-refractivity contribution < 1.29 is 18.3 Å². The minimum atomic E-state index is -4.66. The molecule has 0 bridgehead atoms. The Hall–Kier alpha value is -2.31. The molecule has 3 heteroatoms. The maximum absolute atomic E-state index is 5.82. The third-order valence-corrected chi connectivity index (χ3v) is 31.5. The summed E-state index contributed by atoms with van der Waals surface area (Å²) >= 11 is -4.66. The number of benzene rings is 4. The van der Waals surface area contributed by atoms with Crippen molar-refractivity contribution in [3.05, 3.63) is 146 Å². The number of halogens is 2. The van der Waals surface area contributed by atoms with Crippen LogP contribution >= 0.6 is 24.8 Å². The van der Waals surface area contributed by atoms with Gasteiger partial charge in [-0.3, -0.25) is 0 Å². The molecule has 0 heterocycles. The first-order valence-corrected chi connectivity index (χ1v) is 23.6. The Bertz CT molecular complexity index is 1860. The Morgan fingerprint density at radius 1 is 0.652 bits per heavy atom. The molecule has 4 aromatic carbocycles. The molecule has 4 aromatic rings. The molecule has 0 fully saturated rings. The summed E-state index contributed by atoms with van der Waals surface area (Å²) in [6, 6.07) is 35.1. The van der Waals surface area contributed by atoms with Gasteiger partial charge in [-0.05, 0) is 0 Å². The molecule has 0 spiro atoms. The number of hydrogen-bond acceptors (Lipinski definition) is 0. The van der Waals surface area contributed by atoms with Gasteiger partial charge in [-0.25, -0.2) is 0 Å². The van der Waals surface area contributed by atoms with Gasteiger partial charge in [0.05, 0.1) is 0 Å². The molecule has 242 valence electrons. The molecule has 2 aliphatic carbocycles. The average Bonchev–Trinajstić information content (AvgIpc) is 3.65. The van der Waals surface area contributed by atoms with Gasteiger partial charge in [-0.1, -0.05) is 0 Å². The third-order valence-electron chi connectivity index (χ3n) is 11.4. The van der Waals surface area contributed by atoms with Crippen LogP contribution in [-0.2, 0) is 42.8 Å². The van der Waals surface area contributed by atoms with E-state index in [4.69, 9.17) is 4.21 Å². The quantitative estimate of drug-likeness (QED) is 0.163. The van der Waals surface area contributed by atoms with Crippen molar-refractivity contribution >= 4 is 32.3 Å². The van der Waals surface area contributed by atoms with Crippen LogP contribution in [0, 0.1) is 0 Å². The van der Waals surface area contributed by atoms with Crippen LogP contribution in [0.5, 0.6) is 0 Å². The van der Waals surface area contributed by atoms with Crippen LogP contribution in [0.1, 0.15) is 95.2 Å². The number of allylic oxidation sites excluding steroid dienone is 4. The second-order valence-corrected chi connectivity index (χ2v) is 31.4. The van der Waals surface area contributed by atoms with Gasteiger partial charge in [-0.2, -0.15) is 0 Å². The van der Waals surface area contributed by atoms with Crippen LogP contribution in [0.2, 0.25) is 0 Å². The van der Waals surface area contributed by atoms with E-state index < -0.39 is 18.3 Å². The zero-order chi connectivity index (χ0) is 31.6. The van der Waals surface area contributed by atoms with Crippen LogP contribution in [0.4, 0.5) is 0 Å². The first-order chi connectivity index (χ1) is 20.6. The first-order valence-electron chi connectivity index (χ1n) is 16.4.